The summed E-state index contributed by atoms with van der Waals surface area (Å²) >= 11 is 0. The second-order valence-corrected chi connectivity index (χ2v) is 16.9. The number of hydrogen-bond donors (Lipinski definition) is 2. The number of hydrogen-bond acceptors (Lipinski definition) is 6. The SMILES string of the molecule is O=C1N(CCCCCCCCCCCCN2C(=O)C3(CCCCC3)NC3(CCCCC3)C2=O)C(=O)C2(CCCCC2)NC12CCCCC2. The third kappa shape index (κ3) is 7.45. The van der Waals surface area contributed by atoms with E-state index in [4.69, 9.17) is 0 Å². The monoisotopic (exact) mass is 667 g/mol. The molecule has 6 fully saturated rings. The molecule has 4 spiro atoms. The van der Waals surface area contributed by atoms with Crippen LogP contribution in [0.5, 0.6) is 0 Å². The summed E-state index contributed by atoms with van der Waals surface area (Å²) in [6.07, 6.45) is 31.5. The minimum absolute atomic E-state index is 0.0658. The van der Waals surface area contributed by atoms with E-state index in [1.165, 1.54) is 51.4 Å². The van der Waals surface area contributed by atoms with Crippen LogP contribution in [0.3, 0.4) is 0 Å². The highest BCUT2D eigenvalue weighted by atomic mass is 16.2. The zero-order chi connectivity index (χ0) is 33.5. The van der Waals surface area contributed by atoms with Gasteiger partial charge in [0.1, 0.15) is 0 Å². The van der Waals surface area contributed by atoms with Crippen LogP contribution in [-0.2, 0) is 19.2 Å². The summed E-state index contributed by atoms with van der Waals surface area (Å²) in [5.74, 6) is 0.263. The molecule has 2 saturated heterocycles. The second kappa shape index (κ2) is 16.0. The van der Waals surface area contributed by atoms with Gasteiger partial charge in [-0.15, -0.1) is 0 Å². The largest absolute Gasteiger partial charge is 0.290 e. The fourth-order valence-electron chi connectivity index (χ4n) is 10.7. The maximum atomic E-state index is 13.7. The lowest BCUT2D eigenvalue weighted by molar-refractivity contribution is -0.166. The number of imide groups is 2. The van der Waals surface area contributed by atoms with E-state index in [1.807, 2.05) is 0 Å². The van der Waals surface area contributed by atoms with Crippen LogP contribution in [0.1, 0.15) is 193 Å². The van der Waals surface area contributed by atoms with Crippen molar-refractivity contribution in [1.29, 1.82) is 0 Å². The van der Waals surface area contributed by atoms with Crippen molar-refractivity contribution in [1.82, 2.24) is 20.4 Å². The summed E-state index contributed by atoms with van der Waals surface area (Å²) in [4.78, 5) is 58.3. The summed E-state index contributed by atoms with van der Waals surface area (Å²) in [6.45, 7) is 1.17. The van der Waals surface area contributed by atoms with Gasteiger partial charge in [0, 0.05) is 13.1 Å². The van der Waals surface area contributed by atoms with Gasteiger partial charge in [-0.3, -0.25) is 39.6 Å². The summed E-state index contributed by atoms with van der Waals surface area (Å²) in [5, 5.41) is 7.45. The molecular weight excluding hydrogens is 600 g/mol. The van der Waals surface area contributed by atoms with Crippen LogP contribution in [0.15, 0.2) is 0 Å². The Morgan fingerprint density at radius 3 is 0.771 bits per heavy atom. The van der Waals surface area contributed by atoms with Crippen molar-refractivity contribution >= 4 is 23.6 Å². The van der Waals surface area contributed by atoms with E-state index in [1.54, 1.807) is 9.80 Å². The van der Waals surface area contributed by atoms with Crippen molar-refractivity contribution in [3.8, 4) is 0 Å². The van der Waals surface area contributed by atoms with E-state index >= 15 is 0 Å². The molecule has 4 aliphatic carbocycles. The van der Waals surface area contributed by atoms with Gasteiger partial charge in [-0.05, 0) is 64.2 Å². The molecule has 0 bridgehead atoms. The van der Waals surface area contributed by atoms with Gasteiger partial charge in [-0.1, -0.05) is 128 Å². The Balaban J connectivity index is 0.871. The molecule has 6 aliphatic rings. The van der Waals surface area contributed by atoms with Crippen LogP contribution in [0.4, 0.5) is 0 Å². The fourth-order valence-corrected chi connectivity index (χ4v) is 10.7. The third-order valence-electron chi connectivity index (χ3n) is 13.4. The van der Waals surface area contributed by atoms with Crippen molar-refractivity contribution in [2.24, 2.45) is 0 Å². The lowest BCUT2D eigenvalue weighted by Gasteiger charge is -2.53. The average Bonchev–Trinajstić information content (AvgIpc) is 3.11. The van der Waals surface area contributed by atoms with Gasteiger partial charge in [-0.2, -0.15) is 0 Å². The number of unbranched alkanes of at least 4 members (excludes halogenated alkanes) is 9. The molecule has 270 valence electrons. The maximum Gasteiger partial charge on any atom is 0.249 e. The Hall–Kier alpha value is -1.80. The van der Waals surface area contributed by atoms with Crippen molar-refractivity contribution in [2.45, 2.75) is 215 Å². The molecule has 2 heterocycles. The first-order valence-corrected chi connectivity index (χ1v) is 20.7. The van der Waals surface area contributed by atoms with Crippen LogP contribution in [0, 0.1) is 0 Å². The Labute approximate surface area is 290 Å². The summed E-state index contributed by atoms with van der Waals surface area (Å²) < 4.78 is 0. The zero-order valence-electron chi connectivity index (χ0n) is 30.2. The van der Waals surface area contributed by atoms with Gasteiger partial charge >= 0.3 is 0 Å². The Kier molecular flexibility index (Phi) is 12.0. The number of amides is 4. The molecular formula is C40H66N4O4. The molecule has 8 heteroatoms. The Morgan fingerprint density at radius 1 is 0.333 bits per heavy atom. The fraction of sp³-hybridized carbons (Fsp3) is 0.900. The molecule has 0 unspecified atom stereocenters. The van der Waals surface area contributed by atoms with E-state index in [0.717, 1.165) is 141 Å². The number of rotatable bonds is 13. The first kappa shape index (κ1) is 36.0. The van der Waals surface area contributed by atoms with E-state index in [9.17, 15) is 19.2 Å². The first-order valence-electron chi connectivity index (χ1n) is 20.7. The normalized spacial score (nSPS) is 26.7. The van der Waals surface area contributed by atoms with Crippen LogP contribution in [-0.4, -0.2) is 68.7 Å². The molecule has 8 nitrogen and oxygen atoms in total. The predicted molar refractivity (Wildman–Crippen MR) is 189 cm³/mol. The molecule has 4 saturated carbocycles. The standard InChI is InChI=1S/C40H66N4O4/c45-33-37(23-13-9-14-24-37)41-38(25-15-10-16-26-38)34(46)43(33)31-21-7-5-3-1-2-4-6-8-22-32-44-35(47)39(27-17-11-18-28-39)42-40(36(44)48)29-19-12-20-30-40/h41-42H,1-32H2. The predicted octanol–water partition coefficient (Wildman–Crippen LogP) is 7.62. The highest BCUT2D eigenvalue weighted by Gasteiger charge is 2.59. The molecule has 0 aromatic rings. The van der Waals surface area contributed by atoms with Crippen molar-refractivity contribution in [3.63, 3.8) is 0 Å². The smallest absolute Gasteiger partial charge is 0.249 e. The average molecular weight is 667 g/mol. The van der Waals surface area contributed by atoms with Crippen LogP contribution >= 0.6 is 0 Å². The minimum atomic E-state index is -0.505. The van der Waals surface area contributed by atoms with E-state index < -0.39 is 22.2 Å². The molecule has 48 heavy (non-hydrogen) atoms. The topological polar surface area (TPSA) is 98.8 Å². The number of piperazine rings is 2. The number of carbonyl (C=O) groups is 4. The third-order valence-corrected chi connectivity index (χ3v) is 13.4. The lowest BCUT2D eigenvalue weighted by atomic mass is 9.71. The Morgan fingerprint density at radius 2 is 0.542 bits per heavy atom. The quantitative estimate of drug-likeness (QED) is 0.155. The maximum absolute atomic E-state index is 13.7. The number of carbonyl (C=O) groups excluding carboxylic acids is 4. The van der Waals surface area contributed by atoms with Gasteiger partial charge in [-0.25, -0.2) is 0 Å². The molecule has 4 amide bonds. The van der Waals surface area contributed by atoms with Crippen LogP contribution < -0.4 is 10.6 Å². The molecule has 0 atom stereocenters. The minimum Gasteiger partial charge on any atom is -0.290 e. The van der Waals surface area contributed by atoms with Crippen molar-refractivity contribution in [2.75, 3.05) is 13.1 Å². The van der Waals surface area contributed by atoms with Gasteiger partial charge in [0.15, 0.2) is 0 Å². The van der Waals surface area contributed by atoms with Gasteiger partial charge in [0.05, 0.1) is 22.2 Å². The summed E-state index contributed by atoms with van der Waals surface area (Å²) in [5.41, 5.74) is -2.02. The van der Waals surface area contributed by atoms with Gasteiger partial charge in [0.2, 0.25) is 23.6 Å². The molecule has 0 radical (unpaired) electrons. The number of nitrogens with zero attached hydrogens (tertiary/aromatic N) is 2. The summed E-state index contributed by atoms with van der Waals surface area (Å²) in [7, 11) is 0. The van der Waals surface area contributed by atoms with E-state index in [-0.39, 0.29) is 23.6 Å². The van der Waals surface area contributed by atoms with Crippen LogP contribution in [0.25, 0.3) is 0 Å². The van der Waals surface area contributed by atoms with Crippen molar-refractivity contribution in [3.05, 3.63) is 0 Å². The Bertz CT molecular complexity index is 968. The highest BCUT2D eigenvalue weighted by Crippen LogP contribution is 2.43. The van der Waals surface area contributed by atoms with Gasteiger partial charge < -0.3 is 0 Å². The second-order valence-electron chi connectivity index (χ2n) is 16.9. The van der Waals surface area contributed by atoms with Crippen molar-refractivity contribution < 1.29 is 19.2 Å². The molecule has 2 N–H and O–H groups in total. The molecule has 2 aliphatic heterocycles. The zero-order valence-corrected chi connectivity index (χ0v) is 30.2. The molecule has 0 aromatic heterocycles. The van der Waals surface area contributed by atoms with E-state index in [0.29, 0.717) is 13.1 Å². The summed E-state index contributed by atoms with van der Waals surface area (Å²) in [6, 6.07) is 0. The van der Waals surface area contributed by atoms with Gasteiger partial charge in [0.25, 0.3) is 0 Å². The van der Waals surface area contributed by atoms with Crippen LogP contribution in [0.2, 0.25) is 0 Å². The first-order chi connectivity index (χ1) is 23.4. The lowest BCUT2D eigenvalue weighted by Crippen LogP contribution is -2.76. The van der Waals surface area contributed by atoms with E-state index in [2.05, 4.69) is 10.6 Å². The molecule has 6 rings (SSSR count). The number of nitrogens with one attached hydrogen (secondary N) is 2. The molecule has 0 aromatic carbocycles. The highest BCUT2D eigenvalue weighted by molar-refractivity contribution is 6.07.